The molecule has 0 fully saturated rings. The number of thiazole rings is 1. The molecule has 0 spiro atoms. The molecule has 0 radical (unpaired) electrons. The first-order valence-corrected chi connectivity index (χ1v) is 11.8. The van der Waals surface area contributed by atoms with Gasteiger partial charge in [-0.2, -0.15) is 4.99 Å². The molecule has 31 heavy (non-hydrogen) atoms. The van der Waals surface area contributed by atoms with Crippen molar-refractivity contribution in [1.82, 2.24) is 4.57 Å². The van der Waals surface area contributed by atoms with Gasteiger partial charge in [-0.05, 0) is 19.1 Å². The fourth-order valence-corrected chi connectivity index (χ4v) is 5.03. The molecule has 3 aromatic rings. The second-order valence-electron chi connectivity index (χ2n) is 6.66. The Bertz CT molecular complexity index is 1150. The van der Waals surface area contributed by atoms with Crippen molar-refractivity contribution in [3.8, 4) is 11.5 Å². The Morgan fingerprint density at radius 3 is 2.65 bits per heavy atom. The zero-order valence-corrected chi connectivity index (χ0v) is 18.7. The van der Waals surface area contributed by atoms with E-state index in [0.717, 1.165) is 15.1 Å². The van der Waals surface area contributed by atoms with Crippen molar-refractivity contribution in [2.75, 3.05) is 25.6 Å². The molecule has 0 N–H and O–H groups in total. The first kappa shape index (κ1) is 21.5. The summed E-state index contributed by atoms with van der Waals surface area (Å²) in [7, 11) is 0. The van der Waals surface area contributed by atoms with Gasteiger partial charge < -0.3 is 18.8 Å². The molecule has 2 aromatic carbocycles. The molecule has 0 bridgehead atoms. The summed E-state index contributed by atoms with van der Waals surface area (Å²) in [5, 5.41) is 0. The number of nitrogens with zero attached hydrogens (tertiary/aromatic N) is 2. The van der Waals surface area contributed by atoms with E-state index in [1.165, 1.54) is 11.3 Å². The molecule has 0 saturated heterocycles. The van der Waals surface area contributed by atoms with Crippen LogP contribution in [0, 0.1) is 0 Å². The van der Waals surface area contributed by atoms with Gasteiger partial charge in [0.1, 0.15) is 19.8 Å². The number of aromatic nitrogens is 1. The zero-order chi connectivity index (χ0) is 21.6. The summed E-state index contributed by atoms with van der Waals surface area (Å²) in [6.07, 6.45) is 0.302. The van der Waals surface area contributed by atoms with Gasteiger partial charge in [0.2, 0.25) is 5.91 Å². The standard InChI is InChI=1S/C22H22N2O5S2/c1-2-27-21(26)14-24-16-12-17-18(29-10-9-28-17)13-19(16)31-22(24)23-20(25)8-11-30-15-6-4-3-5-7-15/h3-7,12-13H,2,8-11,14H2,1H3. The quantitative estimate of drug-likeness (QED) is 0.397. The molecule has 7 nitrogen and oxygen atoms in total. The lowest BCUT2D eigenvalue weighted by molar-refractivity contribution is -0.143. The third-order valence-electron chi connectivity index (χ3n) is 4.49. The second-order valence-corrected chi connectivity index (χ2v) is 8.83. The number of carbonyl (C=O) groups is 2. The highest BCUT2D eigenvalue weighted by Gasteiger charge is 2.18. The predicted octanol–water partition coefficient (Wildman–Crippen LogP) is 3.65. The molecule has 4 rings (SSSR count). The highest BCUT2D eigenvalue weighted by Crippen LogP contribution is 2.35. The number of thioether (sulfide) groups is 1. The van der Waals surface area contributed by atoms with Gasteiger partial charge in [-0.15, -0.1) is 11.8 Å². The Morgan fingerprint density at radius 2 is 1.90 bits per heavy atom. The highest BCUT2D eigenvalue weighted by atomic mass is 32.2. The summed E-state index contributed by atoms with van der Waals surface area (Å²) in [5.74, 6) is 1.28. The van der Waals surface area contributed by atoms with Crippen molar-refractivity contribution in [2.45, 2.75) is 24.8 Å². The normalized spacial score (nSPS) is 13.4. The fourth-order valence-electron chi connectivity index (χ4n) is 3.12. The smallest absolute Gasteiger partial charge is 0.326 e. The lowest BCUT2D eigenvalue weighted by Crippen LogP contribution is -2.23. The van der Waals surface area contributed by atoms with Crippen LogP contribution in [0.3, 0.4) is 0 Å². The summed E-state index contributed by atoms with van der Waals surface area (Å²) in [6, 6.07) is 13.6. The zero-order valence-electron chi connectivity index (χ0n) is 17.0. The summed E-state index contributed by atoms with van der Waals surface area (Å²) in [6.45, 7) is 2.97. The number of hydrogen-bond donors (Lipinski definition) is 0. The van der Waals surface area contributed by atoms with Crippen LogP contribution < -0.4 is 14.3 Å². The SMILES string of the molecule is CCOC(=O)Cn1c(=NC(=O)CCSc2ccccc2)sc2cc3c(cc21)OCCO3. The Labute approximate surface area is 187 Å². The number of hydrogen-bond acceptors (Lipinski definition) is 7. The molecule has 1 aromatic heterocycles. The first-order valence-electron chi connectivity index (χ1n) is 9.98. The topological polar surface area (TPSA) is 79.1 Å². The number of benzene rings is 2. The van der Waals surface area contributed by atoms with Crippen molar-refractivity contribution in [3.05, 3.63) is 47.3 Å². The third-order valence-corrected chi connectivity index (χ3v) is 6.54. The average molecular weight is 459 g/mol. The highest BCUT2D eigenvalue weighted by molar-refractivity contribution is 7.99. The van der Waals surface area contributed by atoms with Crippen molar-refractivity contribution in [2.24, 2.45) is 4.99 Å². The molecule has 162 valence electrons. The van der Waals surface area contributed by atoms with Crippen molar-refractivity contribution in [3.63, 3.8) is 0 Å². The molecule has 1 amide bonds. The maximum absolute atomic E-state index is 12.5. The van der Waals surface area contributed by atoms with E-state index >= 15 is 0 Å². The van der Waals surface area contributed by atoms with Gasteiger partial charge in [0.05, 0.1) is 16.8 Å². The number of amides is 1. The minimum atomic E-state index is -0.384. The van der Waals surface area contributed by atoms with Crippen LogP contribution in [0.15, 0.2) is 52.4 Å². The molecular weight excluding hydrogens is 436 g/mol. The molecule has 9 heteroatoms. The van der Waals surface area contributed by atoms with Crippen LogP contribution in [0.4, 0.5) is 0 Å². The van der Waals surface area contributed by atoms with Gasteiger partial charge in [0.15, 0.2) is 16.3 Å². The number of rotatable bonds is 7. The maximum Gasteiger partial charge on any atom is 0.326 e. The van der Waals surface area contributed by atoms with E-state index in [1.807, 2.05) is 42.5 Å². The molecule has 0 unspecified atom stereocenters. The molecule has 2 heterocycles. The van der Waals surface area contributed by atoms with E-state index in [4.69, 9.17) is 14.2 Å². The minimum Gasteiger partial charge on any atom is -0.486 e. The van der Waals surface area contributed by atoms with Gasteiger partial charge in [-0.1, -0.05) is 29.5 Å². The molecule has 0 aliphatic carbocycles. The summed E-state index contributed by atoms with van der Waals surface area (Å²) in [4.78, 5) is 30.6. The van der Waals surface area contributed by atoms with Gasteiger partial charge in [-0.25, -0.2) is 0 Å². The van der Waals surface area contributed by atoms with E-state index in [-0.39, 0.29) is 25.0 Å². The molecule has 0 atom stereocenters. The Hall–Kier alpha value is -2.78. The largest absolute Gasteiger partial charge is 0.486 e. The van der Waals surface area contributed by atoms with E-state index < -0.39 is 0 Å². The fraction of sp³-hybridized carbons (Fsp3) is 0.318. The number of fused-ring (bicyclic) bond motifs is 2. The predicted molar refractivity (Wildman–Crippen MR) is 120 cm³/mol. The molecular formula is C22H22N2O5S2. The molecule has 0 saturated carbocycles. The van der Waals surface area contributed by atoms with Crippen molar-refractivity contribution in [1.29, 1.82) is 0 Å². The number of ether oxygens (including phenoxy) is 3. The van der Waals surface area contributed by atoms with Gasteiger partial charge in [-0.3, -0.25) is 9.59 Å². The van der Waals surface area contributed by atoms with E-state index in [2.05, 4.69) is 4.99 Å². The van der Waals surface area contributed by atoms with Crippen LogP contribution in [-0.2, 0) is 20.9 Å². The van der Waals surface area contributed by atoms with E-state index in [0.29, 0.717) is 41.7 Å². The van der Waals surface area contributed by atoms with E-state index in [9.17, 15) is 9.59 Å². The Kier molecular flexibility index (Phi) is 6.93. The van der Waals surface area contributed by atoms with Crippen LogP contribution in [0.25, 0.3) is 10.2 Å². The van der Waals surface area contributed by atoms with E-state index in [1.54, 1.807) is 23.3 Å². The van der Waals surface area contributed by atoms with Gasteiger partial charge >= 0.3 is 5.97 Å². The Morgan fingerprint density at radius 1 is 1.16 bits per heavy atom. The number of esters is 1. The minimum absolute atomic E-state index is 0.0294. The van der Waals surface area contributed by atoms with Crippen molar-refractivity contribution < 1.29 is 23.8 Å². The summed E-state index contributed by atoms with van der Waals surface area (Å²) < 4.78 is 19.0. The lowest BCUT2D eigenvalue weighted by Gasteiger charge is -2.18. The monoisotopic (exact) mass is 458 g/mol. The second kappa shape index (κ2) is 10.0. The van der Waals surface area contributed by atoms with Crippen molar-refractivity contribution >= 4 is 45.2 Å². The Balaban J connectivity index is 1.61. The van der Waals surface area contributed by atoms with Crippen LogP contribution in [0.1, 0.15) is 13.3 Å². The summed E-state index contributed by atoms with van der Waals surface area (Å²) >= 11 is 2.95. The summed E-state index contributed by atoms with van der Waals surface area (Å²) in [5.41, 5.74) is 0.757. The molecule has 1 aliphatic rings. The third kappa shape index (κ3) is 5.29. The van der Waals surface area contributed by atoms with Crippen LogP contribution >= 0.6 is 23.1 Å². The van der Waals surface area contributed by atoms with Crippen LogP contribution in [-0.4, -0.2) is 42.0 Å². The van der Waals surface area contributed by atoms with Crippen LogP contribution in [0.5, 0.6) is 11.5 Å². The van der Waals surface area contributed by atoms with Gasteiger partial charge in [0.25, 0.3) is 0 Å². The average Bonchev–Trinajstić information content (AvgIpc) is 3.08. The lowest BCUT2D eigenvalue weighted by atomic mass is 10.2. The van der Waals surface area contributed by atoms with Crippen LogP contribution in [0.2, 0.25) is 0 Å². The van der Waals surface area contributed by atoms with Gasteiger partial charge in [0, 0.05) is 29.2 Å². The molecule has 1 aliphatic heterocycles. The first-order chi connectivity index (χ1) is 15.1. The number of carbonyl (C=O) groups excluding carboxylic acids is 2. The maximum atomic E-state index is 12.5.